The highest BCUT2D eigenvalue weighted by Crippen LogP contribution is 2.23. The molecule has 19 heavy (non-hydrogen) atoms. The van der Waals surface area contributed by atoms with Crippen LogP contribution < -0.4 is 15.0 Å². The van der Waals surface area contributed by atoms with Gasteiger partial charge in [0.2, 0.25) is 0 Å². The van der Waals surface area contributed by atoms with E-state index in [1.165, 1.54) is 44.5 Å². The van der Waals surface area contributed by atoms with E-state index in [2.05, 4.69) is 30.4 Å². The summed E-state index contributed by atoms with van der Waals surface area (Å²) in [5, 5.41) is 2.47. The molecule has 0 bridgehead atoms. The van der Waals surface area contributed by atoms with E-state index in [9.17, 15) is 0 Å². The van der Waals surface area contributed by atoms with E-state index in [0.717, 1.165) is 18.9 Å². The van der Waals surface area contributed by atoms with Gasteiger partial charge in [-0.05, 0) is 44.4 Å². The van der Waals surface area contributed by atoms with E-state index in [-0.39, 0.29) is 0 Å². The Bertz CT molecular complexity index is 427. The number of fused-ring (bicyclic) bond motifs is 1. The lowest BCUT2D eigenvalue weighted by atomic mass is 9.93. The van der Waals surface area contributed by atoms with Gasteiger partial charge in [-0.3, -0.25) is 0 Å². The highest BCUT2D eigenvalue weighted by Gasteiger charge is 2.32. The van der Waals surface area contributed by atoms with Crippen molar-refractivity contribution in [3.63, 3.8) is 0 Å². The van der Waals surface area contributed by atoms with Crippen molar-refractivity contribution in [1.29, 1.82) is 0 Å². The number of hydrogen-bond acceptors (Lipinski definition) is 1. The fourth-order valence-corrected chi connectivity index (χ4v) is 3.61. The SMILES string of the molecule is CCOc1ccc2c(c1)[C@@H]([NH+]1CCCCC1)C[NH2+]C2. The molecule has 3 nitrogen and oxygen atoms in total. The van der Waals surface area contributed by atoms with Gasteiger partial charge in [-0.1, -0.05) is 0 Å². The standard InChI is InChI=1S/C16H24N2O/c1-2-19-14-7-6-13-11-17-12-16(15(13)10-14)18-8-4-3-5-9-18/h6-7,10,16-17H,2-5,8-9,11-12H2,1H3/p+2/t16-/m0/s1. The normalized spacial score (nSPS) is 23.9. The molecule has 0 amide bonds. The van der Waals surface area contributed by atoms with Gasteiger partial charge in [-0.25, -0.2) is 0 Å². The third-order valence-electron chi connectivity index (χ3n) is 4.56. The highest BCUT2D eigenvalue weighted by atomic mass is 16.5. The van der Waals surface area contributed by atoms with Gasteiger partial charge in [0.25, 0.3) is 0 Å². The number of nitrogens with two attached hydrogens (primary N) is 1. The zero-order chi connectivity index (χ0) is 13.1. The molecule has 1 atom stereocenters. The van der Waals surface area contributed by atoms with E-state index >= 15 is 0 Å². The summed E-state index contributed by atoms with van der Waals surface area (Å²) in [5.74, 6) is 1.05. The van der Waals surface area contributed by atoms with Gasteiger partial charge in [0.1, 0.15) is 18.8 Å². The Hall–Kier alpha value is -1.06. The van der Waals surface area contributed by atoms with Crippen molar-refractivity contribution in [3.05, 3.63) is 29.3 Å². The highest BCUT2D eigenvalue weighted by molar-refractivity contribution is 5.37. The second-order valence-corrected chi connectivity index (χ2v) is 5.79. The van der Waals surface area contributed by atoms with Crippen molar-refractivity contribution in [2.75, 3.05) is 26.2 Å². The van der Waals surface area contributed by atoms with Crippen molar-refractivity contribution in [2.24, 2.45) is 0 Å². The summed E-state index contributed by atoms with van der Waals surface area (Å²) in [4.78, 5) is 1.79. The molecular formula is C16H26N2O+2. The lowest BCUT2D eigenvalue weighted by Gasteiger charge is -2.34. The zero-order valence-electron chi connectivity index (χ0n) is 12.0. The molecule has 2 heterocycles. The first-order valence-electron chi connectivity index (χ1n) is 7.80. The van der Waals surface area contributed by atoms with Crippen LogP contribution in [-0.4, -0.2) is 26.2 Å². The Labute approximate surface area is 115 Å². The van der Waals surface area contributed by atoms with Crippen molar-refractivity contribution < 1.29 is 15.0 Å². The van der Waals surface area contributed by atoms with E-state index in [1.807, 2.05) is 0 Å². The van der Waals surface area contributed by atoms with Crippen molar-refractivity contribution >= 4 is 0 Å². The average Bonchev–Trinajstić information content (AvgIpc) is 2.48. The molecule has 3 rings (SSSR count). The number of nitrogens with one attached hydrogen (secondary N) is 1. The molecule has 0 radical (unpaired) electrons. The van der Waals surface area contributed by atoms with Crippen molar-refractivity contribution in [2.45, 2.75) is 38.8 Å². The minimum absolute atomic E-state index is 0.671. The fourth-order valence-electron chi connectivity index (χ4n) is 3.61. The summed E-state index contributed by atoms with van der Waals surface area (Å²) in [7, 11) is 0. The third kappa shape index (κ3) is 2.77. The van der Waals surface area contributed by atoms with Gasteiger partial charge >= 0.3 is 0 Å². The second-order valence-electron chi connectivity index (χ2n) is 5.79. The molecule has 3 heteroatoms. The minimum atomic E-state index is 0.671. The molecule has 1 saturated heterocycles. The molecule has 3 N–H and O–H groups in total. The first-order chi connectivity index (χ1) is 9.38. The Morgan fingerprint density at radius 1 is 1.26 bits per heavy atom. The van der Waals surface area contributed by atoms with Crippen LogP contribution in [-0.2, 0) is 6.54 Å². The lowest BCUT2D eigenvalue weighted by Crippen LogP contribution is -3.16. The summed E-state index contributed by atoms with van der Waals surface area (Å²) in [6, 6.07) is 7.37. The molecule has 104 valence electrons. The summed E-state index contributed by atoms with van der Waals surface area (Å²) >= 11 is 0. The molecule has 2 aliphatic rings. The molecule has 0 aromatic heterocycles. The van der Waals surface area contributed by atoms with Crippen LogP contribution in [0.4, 0.5) is 0 Å². The van der Waals surface area contributed by atoms with Crippen LogP contribution in [0, 0.1) is 0 Å². The maximum Gasteiger partial charge on any atom is 0.163 e. The minimum Gasteiger partial charge on any atom is -0.494 e. The first-order valence-corrected chi connectivity index (χ1v) is 7.80. The number of ether oxygens (including phenoxy) is 1. The molecule has 1 fully saturated rings. The van der Waals surface area contributed by atoms with Gasteiger partial charge in [0.15, 0.2) is 6.04 Å². The summed E-state index contributed by atoms with van der Waals surface area (Å²) in [5.41, 5.74) is 3.06. The van der Waals surface area contributed by atoms with Crippen LogP contribution in [0.15, 0.2) is 18.2 Å². The monoisotopic (exact) mass is 262 g/mol. The van der Waals surface area contributed by atoms with Crippen LogP contribution in [0.3, 0.4) is 0 Å². The van der Waals surface area contributed by atoms with Crippen molar-refractivity contribution in [3.8, 4) is 5.75 Å². The predicted octanol–water partition coefficient (Wildman–Crippen LogP) is 0.272. The Balaban J connectivity index is 1.86. The smallest absolute Gasteiger partial charge is 0.163 e. The van der Waals surface area contributed by atoms with Crippen LogP contribution in [0.1, 0.15) is 43.4 Å². The maximum absolute atomic E-state index is 5.69. The summed E-state index contributed by atoms with van der Waals surface area (Å²) < 4.78 is 5.69. The molecule has 2 aliphatic heterocycles. The van der Waals surface area contributed by atoms with Crippen LogP contribution in [0.5, 0.6) is 5.75 Å². The predicted molar refractivity (Wildman–Crippen MR) is 75.4 cm³/mol. The summed E-state index contributed by atoms with van der Waals surface area (Å²) in [6.07, 6.45) is 4.21. The van der Waals surface area contributed by atoms with Gasteiger partial charge in [0.05, 0.1) is 19.7 Å². The van der Waals surface area contributed by atoms with E-state index in [1.54, 1.807) is 10.5 Å². The van der Waals surface area contributed by atoms with Gasteiger partial charge in [-0.15, -0.1) is 0 Å². The first kappa shape index (κ1) is 12.9. The third-order valence-corrected chi connectivity index (χ3v) is 4.56. The van der Waals surface area contributed by atoms with E-state index < -0.39 is 0 Å². The Morgan fingerprint density at radius 3 is 2.89 bits per heavy atom. The molecular weight excluding hydrogens is 236 g/mol. The molecule has 1 aromatic carbocycles. The molecule has 0 saturated carbocycles. The number of rotatable bonds is 3. The number of likely N-dealkylation sites (tertiary alicyclic amines) is 1. The number of benzene rings is 1. The van der Waals surface area contributed by atoms with Crippen molar-refractivity contribution in [1.82, 2.24) is 0 Å². The fraction of sp³-hybridized carbons (Fsp3) is 0.625. The van der Waals surface area contributed by atoms with E-state index in [0.29, 0.717) is 6.04 Å². The maximum atomic E-state index is 5.69. The molecule has 0 spiro atoms. The quantitative estimate of drug-likeness (QED) is 0.805. The Morgan fingerprint density at radius 2 is 2.11 bits per heavy atom. The zero-order valence-corrected chi connectivity index (χ0v) is 12.0. The van der Waals surface area contributed by atoms with Gasteiger partial charge in [0, 0.05) is 11.1 Å². The summed E-state index contributed by atoms with van der Waals surface area (Å²) in [6.45, 7) is 7.86. The topological polar surface area (TPSA) is 30.3 Å². The van der Waals surface area contributed by atoms with Gasteiger partial charge in [-0.2, -0.15) is 0 Å². The number of quaternary nitrogens is 2. The molecule has 1 aromatic rings. The van der Waals surface area contributed by atoms with E-state index in [4.69, 9.17) is 4.74 Å². The van der Waals surface area contributed by atoms with Gasteiger partial charge < -0.3 is 15.0 Å². The van der Waals surface area contributed by atoms with Crippen LogP contribution in [0.25, 0.3) is 0 Å². The average molecular weight is 262 g/mol. The van der Waals surface area contributed by atoms with Crippen LogP contribution in [0.2, 0.25) is 0 Å². The Kier molecular flexibility index (Phi) is 4.04. The number of piperidine rings is 1. The largest absolute Gasteiger partial charge is 0.494 e. The lowest BCUT2D eigenvalue weighted by molar-refractivity contribution is -0.952. The molecule has 0 unspecified atom stereocenters. The van der Waals surface area contributed by atoms with Crippen LogP contribution >= 0.6 is 0 Å². The second kappa shape index (κ2) is 5.93. The molecule has 0 aliphatic carbocycles. The number of hydrogen-bond donors (Lipinski definition) is 2.